The number of aliphatic imine (C=N–C) groups is 1. The van der Waals surface area contributed by atoms with Crippen LogP contribution in [0.25, 0.3) is 0 Å². The molecule has 1 atom stereocenters. The van der Waals surface area contributed by atoms with Gasteiger partial charge in [-0.15, -0.1) is 9.24 Å². The molecule has 1 aliphatic carbocycles. The fourth-order valence-corrected chi connectivity index (χ4v) is 5.04. The molecule has 1 fully saturated rings. The second kappa shape index (κ2) is 13.7. The Morgan fingerprint density at radius 1 is 1.19 bits per heavy atom. The van der Waals surface area contributed by atoms with E-state index in [4.69, 9.17) is 9.98 Å². The largest absolute Gasteiger partial charge is 0.352 e. The average Bonchev–Trinajstić information content (AvgIpc) is 2.89. The second-order valence-electron chi connectivity index (χ2n) is 9.71. The summed E-state index contributed by atoms with van der Waals surface area (Å²) in [6.45, 7) is 12.7. The molecule has 1 heterocycles. The van der Waals surface area contributed by atoms with E-state index in [9.17, 15) is 13.6 Å². The van der Waals surface area contributed by atoms with Crippen molar-refractivity contribution in [2.45, 2.75) is 59.3 Å². The van der Waals surface area contributed by atoms with Gasteiger partial charge in [-0.3, -0.25) is 9.79 Å². The number of nitrogens with zero attached hydrogens (tertiary/aromatic N) is 4. The number of anilines is 1. The number of aromatic nitrogens is 2. The number of halogens is 2. The molecule has 1 unspecified atom stereocenters. The lowest BCUT2D eigenvalue weighted by atomic mass is 9.80. The van der Waals surface area contributed by atoms with E-state index in [-0.39, 0.29) is 17.4 Å². The van der Waals surface area contributed by atoms with E-state index in [1.807, 2.05) is 13.0 Å². The van der Waals surface area contributed by atoms with Crippen LogP contribution in [0.3, 0.4) is 0 Å². The van der Waals surface area contributed by atoms with Gasteiger partial charge in [-0.05, 0) is 74.9 Å². The van der Waals surface area contributed by atoms with Gasteiger partial charge in [-0.25, -0.2) is 18.7 Å². The van der Waals surface area contributed by atoms with Gasteiger partial charge in [0.15, 0.2) is 11.6 Å². The van der Waals surface area contributed by atoms with Gasteiger partial charge in [0.25, 0.3) is 5.91 Å². The summed E-state index contributed by atoms with van der Waals surface area (Å²) in [7, 11) is 2.29. The molecule has 1 N–H and O–H groups in total. The van der Waals surface area contributed by atoms with Gasteiger partial charge in [0, 0.05) is 37.4 Å². The number of allylic oxidation sites excluding steroid dienone is 1. The zero-order valence-electron chi connectivity index (χ0n) is 22.1. The van der Waals surface area contributed by atoms with Gasteiger partial charge >= 0.3 is 0 Å². The highest BCUT2D eigenvalue weighted by molar-refractivity contribution is 7.27. The molecule has 0 bridgehead atoms. The quantitative estimate of drug-likeness (QED) is 0.311. The molecule has 3 rings (SSSR count). The number of hydrogen-bond donors (Lipinski definition) is 1. The van der Waals surface area contributed by atoms with Crippen LogP contribution in [0.2, 0.25) is 0 Å². The van der Waals surface area contributed by atoms with Crippen LogP contribution in [-0.2, 0) is 0 Å². The summed E-state index contributed by atoms with van der Waals surface area (Å²) in [5.41, 5.74) is 2.20. The third kappa shape index (κ3) is 7.88. The van der Waals surface area contributed by atoms with E-state index in [1.165, 1.54) is 6.07 Å². The summed E-state index contributed by atoms with van der Waals surface area (Å²) in [4.78, 5) is 28.6. The Bertz CT molecular complexity index is 1130. The smallest absolute Gasteiger partial charge is 0.254 e. The molecule has 1 amide bonds. The third-order valence-electron chi connectivity index (χ3n) is 6.76. The van der Waals surface area contributed by atoms with E-state index >= 15 is 0 Å². The summed E-state index contributed by atoms with van der Waals surface area (Å²) in [5, 5.41) is 3.20. The predicted octanol–water partition coefficient (Wildman–Crippen LogP) is 5.44. The van der Waals surface area contributed by atoms with Crippen LogP contribution in [0.1, 0.15) is 75.3 Å². The summed E-state index contributed by atoms with van der Waals surface area (Å²) < 4.78 is 27.7. The number of carbonyl (C=O) groups is 1. The first kappa shape index (κ1) is 28.8. The number of rotatable bonds is 11. The number of hydrogen-bond acceptors (Lipinski definition) is 5. The Morgan fingerprint density at radius 2 is 1.86 bits per heavy atom. The van der Waals surface area contributed by atoms with Crippen molar-refractivity contribution in [2.75, 3.05) is 24.5 Å². The highest BCUT2D eigenvalue weighted by atomic mass is 31.0. The normalized spacial score (nSPS) is 17.9. The fraction of sp³-hybridized carbons (Fsp3) is 0.500. The van der Waals surface area contributed by atoms with Crippen molar-refractivity contribution in [1.82, 2.24) is 15.3 Å². The summed E-state index contributed by atoms with van der Waals surface area (Å²) in [6.07, 6.45) is 7.48. The van der Waals surface area contributed by atoms with Gasteiger partial charge in [0.1, 0.15) is 0 Å². The Hall–Kier alpha value is -2.73. The zero-order valence-corrected chi connectivity index (χ0v) is 23.2. The maximum absolute atomic E-state index is 14.0. The Morgan fingerprint density at radius 3 is 2.51 bits per heavy atom. The topological polar surface area (TPSA) is 70.5 Å². The Labute approximate surface area is 221 Å². The Kier molecular flexibility index (Phi) is 10.7. The van der Waals surface area contributed by atoms with E-state index in [0.29, 0.717) is 11.8 Å². The molecular weight excluding hydrogens is 491 g/mol. The standard InChI is InChI=1S/C28H38F2N5OP/c1-5-13-35(14-6-2)28-31-12-11-25(34-28)19(4)33-18(3)21-9-7-20(8-10-21)17-32-27(36)23-15-22(37)16-24(29)26(23)30/h11-12,15-16,20-21H,3,5-10,13-14,17,37H2,1-2,4H3,(H,32,36)/b33-19+. The van der Waals surface area contributed by atoms with Crippen molar-refractivity contribution in [3.05, 3.63) is 59.6 Å². The first-order valence-corrected chi connectivity index (χ1v) is 13.7. The molecule has 9 heteroatoms. The summed E-state index contributed by atoms with van der Waals surface area (Å²) in [6, 6.07) is 4.27. The molecule has 1 aromatic heterocycles. The lowest BCUT2D eigenvalue weighted by Crippen LogP contribution is -2.32. The van der Waals surface area contributed by atoms with Crippen LogP contribution < -0.4 is 15.5 Å². The van der Waals surface area contributed by atoms with Crippen LogP contribution in [-0.4, -0.2) is 41.2 Å². The molecule has 0 radical (unpaired) electrons. The van der Waals surface area contributed by atoms with Gasteiger partial charge in [-0.2, -0.15) is 0 Å². The van der Waals surface area contributed by atoms with Crippen molar-refractivity contribution < 1.29 is 13.6 Å². The van der Waals surface area contributed by atoms with E-state index < -0.39 is 17.5 Å². The minimum atomic E-state index is -1.11. The minimum absolute atomic E-state index is 0.264. The molecule has 1 aliphatic rings. The minimum Gasteiger partial charge on any atom is -0.352 e. The molecule has 0 spiro atoms. The van der Waals surface area contributed by atoms with Crippen molar-refractivity contribution in [2.24, 2.45) is 16.8 Å². The average molecular weight is 530 g/mol. The first-order chi connectivity index (χ1) is 17.7. The van der Waals surface area contributed by atoms with E-state index in [2.05, 4.69) is 44.9 Å². The molecule has 1 aromatic carbocycles. The Balaban J connectivity index is 1.54. The highest BCUT2D eigenvalue weighted by Gasteiger charge is 2.25. The summed E-state index contributed by atoms with van der Waals surface area (Å²) >= 11 is 0. The molecule has 1 saturated carbocycles. The van der Waals surface area contributed by atoms with Gasteiger partial charge in [-0.1, -0.05) is 20.4 Å². The van der Waals surface area contributed by atoms with Gasteiger partial charge in [0.05, 0.1) is 17.0 Å². The first-order valence-electron chi connectivity index (χ1n) is 13.1. The van der Waals surface area contributed by atoms with Crippen LogP contribution in [0.15, 0.2) is 41.7 Å². The van der Waals surface area contributed by atoms with Crippen molar-refractivity contribution >= 4 is 32.1 Å². The number of carbonyl (C=O) groups excluding carboxylic acids is 1. The molecular formula is C28H38F2N5OP. The number of nitrogens with one attached hydrogen (secondary N) is 1. The van der Waals surface area contributed by atoms with Crippen LogP contribution in [0.4, 0.5) is 14.7 Å². The SMILES string of the molecule is C=C(/N=C(\C)c1ccnc(N(CCC)CCC)n1)C1CCC(CNC(=O)c2cc(P)cc(F)c2F)CC1. The summed E-state index contributed by atoms with van der Waals surface area (Å²) in [5.74, 6) is -1.46. The second-order valence-corrected chi connectivity index (χ2v) is 10.4. The molecule has 37 heavy (non-hydrogen) atoms. The van der Waals surface area contributed by atoms with Crippen LogP contribution in [0.5, 0.6) is 0 Å². The molecule has 6 nitrogen and oxygen atoms in total. The molecule has 0 aliphatic heterocycles. The maximum Gasteiger partial charge on any atom is 0.254 e. The highest BCUT2D eigenvalue weighted by Crippen LogP contribution is 2.33. The van der Waals surface area contributed by atoms with E-state index in [1.54, 1.807) is 6.20 Å². The van der Waals surface area contributed by atoms with Gasteiger partial charge < -0.3 is 10.2 Å². The van der Waals surface area contributed by atoms with Gasteiger partial charge in [0.2, 0.25) is 5.95 Å². The number of amides is 1. The van der Waals surface area contributed by atoms with Crippen molar-refractivity contribution in [1.29, 1.82) is 0 Å². The number of benzene rings is 1. The third-order valence-corrected chi connectivity index (χ3v) is 7.09. The predicted molar refractivity (Wildman–Crippen MR) is 150 cm³/mol. The maximum atomic E-state index is 14.0. The lowest BCUT2D eigenvalue weighted by Gasteiger charge is -2.28. The van der Waals surface area contributed by atoms with Crippen molar-refractivity contribution in [3.8, 4) is 0 Å². The molecule has 2 aromatic rings. The zero-order chi connectivity index (χ0) is 26.9. The molecule has 0 saturated heterocycles. The van der Waals surface area contributed by atoms with E-state index in [0.717, 1.165) is 80.7 Å². The van der Waals surface area contributed by atoms with Crippen LogP contribution >= 0.6 is 9.24 Å². The lowest BCUT2D eigenvalue weighted by molar-refractivity contribution is 0.0937. The fourth-order valence-electron chi connectivity index (χ4n) is 4.73. The van der Waals surface area contributed by atoms with Crippen molar-refractivity contribution in [3.63, 3.8) is 0 Å². The van der Waals surface area contributed by atoms with Crippen LogP contribution in [0, 0.1) is 23.5 Å². The monoisotopic (exact) mass is 529 g/mol. The molecule has 200 valence electrons.